The normalized spacial score (nSPS) is 19.7. The van der Waals surface area contributed by atoms with Crippen LogP contribution in [0.15, 0.2) is 40.9 Å². The Morgan fingerprint density at radius 2 is 2.03 bits per heavy atom. The van der Waals surface area contributed by atoms with E-state index < -0.39 is 29.4 Å². The Labute approximate surface area is 166 Å². The van der Waals surface area contributed by atoms with Gasteiger partial charge in [0.05, 0.1) is 30.2 Å². The van der Waals surface area contributed by atoms with Crippen LogP contribution in [0.2, 0.25) is 0 Å². The quantitative estimate of drug-likeness (QED) is 0.409. The van der Waals surface area contributed by atoms with Crippen molar-refractivity contribution in [3.63, 3.8) is 0 Å². The van der Waals surface area contributed by atoms with Crippen molar-refractivity contribution in [2.24, 2.45) is 5.92 Å². The van der Waals surface area contributed by atoms with Crippen LogP contribution in [-0.2, 0) is 15.7 Å². The van der Waals surface area contributed by atoms with Crippen molar-refractivity contribution >= 4 is 5.97 Å². The third-order valence-corrected chi connectivity index (χ3v) is 5.08. The molecular weight excluding hydrogens is 388 g/mol. The summed E-state index contributed by atoms with van der Waals surface area (Å²) >= 11 is 0. The van der Waals surface area contributed by atoms with Crippen LogP contribution in [0.1, 0.15) is 50.2 Å². The summed E-state index contributed by atoms with van der Waals surface area (Å²) < 4.78 is 60.0. The number of nitrogens with zero attached hydrogens (tertiary/aromatic N) is 1. The predicted octanol–water partition coefficient (Wildman–Crippen LogP) is 5.30. The number of esters is 1. The van der Waals surface area contributed by atoms with Crippen molar-refractivity contribution in [1.82, 2.24) is 5.32 Å². The van der Waals surface area contributed by atoms with E-state index in [2.05, 4.69) is 10.2 Å². The first-order valence-corrected chi connectivity index (χ1v) is 9.29. The fourth-order valence-electron chi connectivity index (χ4n) is 3.44. The van der Waals surface area contributed by atoms with Crippen LogP contribution < -0.4 is 5.32 Å². The van der Waals surface area contributed by atoms with Crippen LogP contribution in [0.25, 0.3) is 4.85 Å². The molecule has 1 fully saturated rings. The summed E-state index contributed by atoms with van der Waals surface area (Å²) in [6.07, 6.45) is -2.64. The number of ether oxygens (including phenoxy) is 1. The fraction of sp³-hybridized carbons (Fsp3) is 0.429. The van der Waals surface area contributed by atoms with Gasteiger partial charge in [0.25, 0.3) is 0 Å². The molecule has 0 aromatic heterocycles. The van der Waals surface area contributed by atoms with E-state index in [0.29, 0.717) is 23.9 Å². The molecule has 0 bridgehead atoms. The number of halogens is 4. The molecule has 1 aromatic carbocycles. The van der Waals surface area contributed by atoms with Crippen LogP contribution >= 0.6 is 0 Å². The summed E-state index contributed by atoms with van der Waals surface area (Å²) in [7, 11) is 0. The van der Waals surface area contributed by atoms with Crippen LogP contribution in [0, 0.1) is 18.3 Å². The van der Waals surface area contributed by atoms with Crippen molar-refractivity contribution in [1.29, 1.82) is 0 Å². The summed E-state index contributed by atoms with van der Waals surface area (Å²) in [4.78, 5) is 16.3. The van der Waals surface area contributed by atoms with E-state index in [4.69, 9.17) is 11.3 Å². The smallest absolute Gasteiger partial charge is 0.416 e. The van der Waals surface area contributed by atoms with Crippen LogP contribution in [0.4, 0.5) is 17.6 Å². The standard InChI is InChI=1S/C21H20F4N2O2/c1-4-16-18(20(28)29-10-12-5-6-12)17(19(26-3)11(2)27-16)14-8-7-13(22)9-15(14)21(23,24)25/h7-9,12,17,27H,4-6,10H2,1-2H3. The van der Waals surface area contributed by atoms with Gasteiger partial charge >= 0.3 is 12.1 Å². The zero-order valence-electron chi connectivity index (χ0n) is 16.0. The lowest BCUT2D eigenvalue weighted by Crippen LogP contribution is -2.30. The second-order valence-electron chi connectivity index (χ2n) is 7.20. The number of alkyl halides is 3. The molecule has 0 saturated heterocycles. The number of carbonyl (C=O) groups is 1. The predicted molar refractivity (Wildman–Crippen MR) is 97.6 cm³/mol. The zero-order chi connectivity index (χ0) is 21.3. The van der Waals surface area contributed by atoms with Crippen molar-refractivity contribution in [3.8, 4) is 0 Å². The minimum absolute atomic E-state index is 0.0261. The minimum atomic E-state index is -4.85. The second-order valence-corrected chi connectivity index (χ2v) is 7.20. The summed E-state index contributed by atoms with van der Waals surface area (Å²) in [5.41, 5.74) is -0.855. The van der Waals surface area contributed by atoms with E-state index in [1.54, 1.807) is 13.8 Å². The third kappa shape index (κ3) is 4.29. The molecule has 1 aromatic rings. The summed E-state index contributed by atoms with van der Waals surface area (Å²) in [6.45, 7) is 11.0. The zero-order valence-corrected chi connectivity index (χ0v) is 16.0. The third-order valence-electron chi connectivity index (χ3n) is 5.08. The maximum atomic E-state index is 13.7. The maximum Gasteiger partial charge on any atom is 0.416 e. The molecule has 1 N–H and O–H groups in total. The number of rotatable bonds is 5. The highest BCUT2D eigenvalue weighted by atomic mass is 19.4. The lowest BCUT2D eigenvalue weighted by Gasteiger charge is -2.31. The van der Waals surface area contributed by atoms with Crippen LogP contribution in [0.3, 0.4) is 0 Å². The van der Waals surface area contributed by atoms with E-state index in [1.807, 2.05) is 0 Å². The first-order chi connectivity index (χ1) is 13.7. The van der Waals surface area contributed by atoms with Crippen molar-refractivity contribution in [2.75, 3.05) is 6.61 Å². The number of dihydropyridines is 1. The van der Waals surface area contributed by atoms with Crippen molar-refractivity contribution in [3.05, 3.63) is 69.2 Å². The molecular formula is C21H20F4N2O2. The number of carbonyl (C=O) groups excluding carboxylic acids is 1. The number of allylic oxidation sites excluding steroid dienone is 3. The average molecular weight is 408 g/mol. The van der Waals surface area contributed by atoms with Crippen LogP contribution in [-0.4, -0.2) is 12.6 Å². The molecule has 1 saturated carbocycles. The van der Waals surface area contributed by atoms with Gasteiger partial charge in [0, 0.05) is 11.4 Å². The van der Waals surface area contributed by atoms with Crippen LogP contribution in [0.5, 0.6) is 0 Å². The van der Waals surface area contributed by atoms with Gasteiger partial charge in [-0.1, -0.05) is 13.0 Å². The van der Waals surface area contributed by atoms with Gasteiger partial charge in [0.2, 0.25) is 0 Å². The Bertz CT molecular complexity index is 937. The molecule has 1 heterocycles. The number of benzene rings is 1. The van der Waals surface area contributed by atoms with Gasteiger partial charge in [-0.2, -0.15) is 13.2 Å². The first-order valence-electron chi connectivity index (χ1n) is 9.29. The molecule has 0 amide bonds. The molecule has 1 atom stereocenters. The lowest BCUT2D eigenvalue weighted by atomic mass is 9.81. The highest BCUT2D eigenvalue weighted by Gasteiger charge is 2.42. The van der Waals surface area contributed by atoms with E-state index in [0.717, 1.165) is 25.0 Å². The second kappa shape index (κ2) is 7.90. The van der Waals surface area contributed by atoms with E-state index in [9.17, 15) is 22.4 Å². The SMILES string of the molecule is [C-]#[N+]C1=C(C)NC(CC)=C(C(=O)OCC2CC2)C1c1ccc(F)cc1C(F)(F)F. The topological polar surface area (TPSA) is 42.7 Å². The fourth-order valence-corrected chi connectivity index (χ4v) is 3.44. The van der Waals surface area contributed by atoms with Crippen molar-refractivity contribution < 1.29 is 27.1 Å². The summed E-state index contributed by atoms with van der Waals surface area (Å²) in [5.74, 6) is -2.81. The molecule has 8 heteroatoms. The maximum absolute atomic E-state index is 13.7. The van der Waals surface area contributed by atoms with Gasteiger partial charge in [-0.15, -0.1) is 0 Å². The Morgan fingerprint density at radius 1 is 1.34 bits per heavy atom. The van der Waals surface area contributed by atoms with Gasteiger partial charge in [0.1, 0.15) is 5.82 Å². The molecule has 1 aliphatic carbocycles. The van der Waals surface area contributed by atoms with E-state index in [1.165, 1.54) is 0 Å². The van der Waals surface area contributed by atoms with E-state index >= 15 is 0 Å². The largest absolute Gasteiger partial charge is 0.462 e. The summed E-state index contributed by atoms with van der Waals surface area (Å²) in [6, 6.07) is 2.30. The van der Waals surface area contributed by atoms with Gasteiger partial charge in [-0.05, 0) is 49.8 Å². The Morgan fingerprint density at radius 3 is 2.59 bits per heavy atom. The number of hydrogen-bond acceptors (Lipinski definition) is 3. The monoisotopic (exact) mass is 408 g/mol. The number of nitrogens with one attached hydrogen (secondary N) is 1. The van der Waals surface area contributed by atoms with Gasteiger partial charge in [-0.25, -0.2) is 14.0 Å². The van der Waals surface area contributed by atoms with Gasteiger partial charge in [0.15, 0.2) is 5.70 Å². The Kier molecular flexibility index (Phi) is 5.69. The Balaban J connectivity index is 2.17. The van der Waals surface area contributed by atoms with Gasteiger partial charge in [-0.3, -0.25) is 0 Å². The van der Waals surface area contributed by atoms with Crippen molar-refractivity contribution in [2.45, 2.75) is 45.2 Å². The molecule has 1 aliphatic heterocycles. The van der Waals surface area contributed by atoms with E-state index in [-0.39, 0.29) is 29.4 Å². The highest BCUT2D eigenvalue weighted by molar-refractivity contribution is 5.93. The molecule has 154 valence electrons. The minimum Gasteiger partial charge on any atom is -0.462 e. The molecule has 29 heavy (non-hydrogen) atoms. The Hall–Kier alpha value is -2.82. The first kappa shape index (κ1) is 20.9. The lowest BCUT2D eigenvalue weighted by molar-refractivity contribution is -0.141. The average Bonchev–Trinajstić information content (AvgIpc) is 3.49. The molecule has 4 nitrogen and oxygen atoms in total. The molecule has 0 radical (unpaired) electrons. The summed E-state index contributed by atoms with van der Waals surface area (Å²) in [5, 5.41) is 2.96. The number of hydrogen-bond donors (Lipinski definition) is 1. The molecule has 0 spiro atoms. The molecule has 2 aliphatic rings. The molecule has 1 unspecified atom stereocenters. The van der Waals surface area contributed by atoms with Gasteiger partial charge < -0.3 is 10.1 Å². The highest BCUT2D eigenvalue weighted by Crippen LogP contribution is 2.45. The molecule has 3 rings (SSSR count).